The third-order valence-corrected chi connectivity index (χ3v) is 6.28. The van der Waals surface area contributed by atoms with E-state index in [1.807, 2.05) is 25.7 Å². The number of amides is 2. The number of hydrogen-bond donors (Lipinski definition) is 2. The topological polar surface area (TPSA) is 108 Å². The molecular weight excluding hydrogens is 396 g/mol. The summed E-state index contributed by atoms with van der Waals surface area (Å²) in [4.78, 5) is 25.7. The van der Waals surface area contributed by atoms with Crippen molar-refractivity contribution in [3.8, 4) is 5.75 Å². The second-order valence-electron chi connectivity index (χ2n) is 7.08. The molecule has 1 heterocycles. The largest absolute Gasteiger partial charge is 0.494 e. The summed E-state index contributed by atoms with van der Waals surface area (Å²) >= 11 is 0. The zero-order chi connectivity index (χ0) is 21.4. The Morgan fingerprint density at radius 1 is 1.07 bits per heavy atom. The highest BCUT2D eigenvalue weighted by Gasteiger charge is 2.29. The lowest BCUT2D eigenvalue weighted by atomic mass is 10.3. The molecule has 0 unspecified atom stereocenters. The molecule has 29 heavy (non-hydrogen) atoms. The van der Waals surface area contributed by atoms with Crippen molar-refractivity contribution >= 4 is 21.8 Å². The van der Waals surface area contributed by atoms with Gasteiger partial charge in [0.1, 0.15) is 5.75 Å². The van der Waals surface area contributed by atoms with Crippen LogP contribution in [0.2, 0.25) is 0 Å². The van der Waals surface area contributed by atoms with Crippen LogP contribution in [0.3, 0.4) is 0 Å². The highest BCUT2D eigenvalue weighted by Crippen LogP contribution is 2.20. The monoisotopic (exact) mass is 426 g/mol. The second-order valence-corrected chi connectivity index (χ2v) is 9.02. The van der Waals surface area contributed by atoms with Crippen molar-refractivity contribution in [3.63, 3.8) is 0 Å². The molecule has 1 aliphatic rings. The minimum atomic E-state index is -3.58. The Morgan fingerprint density at radius 3 is 2.24 bits per heavy atom. The fourth-order valence-electron chi connectivity index (χ4n) is 2.96. The van der Waals surface area contributed by atoms with Gasteiger partial charge in [-0.2, -0.15) is 4.31 Å². The molecule has 1 aromatic rings. The highest BCUT2D eigenvalue weighted by atomic mass is 32.2. The molecule has 1 aliphatic heterocycles. The summed E-state index contributed by atoms with van der Waals surface area (Å²) in [6.07, 6.45) is 0. The average Bonchev–Trinajstić information content (AvgIpc) is 2.67. The summed E-state index contributed by atoms with van der Waals surface area (Å²) in [5.41, 5.74) is 0. The maximum absolute atomic E-state index is 12.8. The molecule has 0 saturated carbocycles. The zero-order valence-corrected chi connectivity index (χ0v) is 18.0. The minimum absolute atomic E-state index is 0.0183. The molecule has 0 spiro atoms. The van der Waals surface area contributed by atoms with E-state index in [-0.39, 0.29) is 35.8 Å². The van der Waals surface area contributed by atoms with E-state index in [1.165, 1.54) is 4.31 Å². The van der Waals surface area contributed by atoms with Crippen LogP contribution in [0.5, 0.6) is 5.75 Å². The maximum atomic E-state index is 12.8. The first-order valence-electron chi connectivity index (χ1n) is 9.73. The van der Waals surface area contributed by atoms with Crippen molar-refractivity contribution in [2.24, 2.45) is 0 Å². The number of carbonyl (C=O) groups is 2. The van der Waals surface area contributed by atoms with Gasteiger partial charge in [0.2, 0.25) is 21.8 Å². The van der Waals surface area contributed by atoms with Gasteiger partial charge >= 0.3 is 0 Å². The third kappa shape index (κ3) is 6.98. The molecule has 2 N–H and O–H groups in total. The molecule has 1 aromatic carbocycles. The summed E-state index contributed by atoms with van der Waals surface area (Å²) < 4.78 is 32.4. The first kappa shape index (κ1) is 23.1. The van der Waals surface area contributed by atoms with E-state index in [0.29, 0.717) is 38.5 Å². The van der Waals surface area contributed by atoms with Gasteiger partial charge in [-0.15, -0.1) is 0 Å². The van der Waals surface area contributed by atoms with Crippen LogP contribution < -0.4 is 15.4 Å². The summed E-state index contributed by atoms with van der Waals surface area (Å²) in [5.74, 6) is 0.135. The lowest BCUT2D eigenvalue weighted by molar-refractivity contribution is -0.127. The molecule has 2 rings (SSSR count). The van der Waals surface area contributed by atoms with Crippen LogP contribution in [-0.4, -0.2) is 81.4 Å². The van der Waals surface area contributed by atoms with Gasteiger partial charge in [-0.1, -0.05) is 0 Å². The van der Waals surface area contributed by atoms with Crippen molar-refractivity contribution in [2.45, 2.75) is 31.7 Å². The van der Waals surface area contributed by atoms with Crippen molar-refractivity contribution in [3.05, 3.63) is 24.3 Å². The van der Waals surface area contributed by atoms with Crippen LogP contribution >= 0.6 is 0 Å². The van der Waals surface area contributed by atoms with Gasteiger partial charge in [0.25, 0.3) is 0 Å². The van der Waals surface area contributed by atoms with Crippen LogP contribution in [0.4, 0.5) is 0 Å². The Hall–Kier alpha value is -2.17. The van der Waals surface area contributed by atoms with Gasteiger partial charge in [-0.25, -0.2) is 8.42 Å². The minimum Gasteiger partial charge on any atom is -0.494 e. The fourth-order valence-corrected chi connectivity index (χ4v) is 4.38. The molecule has 1 fully saturated rings. The number of nitrogens with one attached hydrogen (secondary N) is 2. The highest BCUT2D eigenvalue weighted by molar-refractivity contribution is 7.89. The summed E-state index contributed by atoms with van der Waals surface area (Å²) in [5, 5.41) is 5.28. The van der Waals surface area contributed by atoms with Gasteiger partial charge in [0.15, 0.2) is 0 Å². The Morgan fingerprint density at radius 2 is 1.69 bits per heavy atom. The predicted octanol–water partition coefficient (Wildman–Crippen LogP) is 0.0324. The standard InChI is InChI=1S/C19H30N4O5S/c1-4-28-16-5-7-17(8-6-16)29(26,27)23-11-9-22(10-12-23)14-19(25)20-13-18(24)21-15(2)3/h5-8,15H,4,9-14H2,1-3H3,(H,20,25)(H,21,24). The van der Waals surface area contributed by atoms with Gasteiger partial charge in [0.05, 0.1) is 24.6 Å². The number of benzene rings is 1. The number of carbonyl (C=O) groups excluding carboxylic acids is 2. The van der Waals surface area contributed by atoms with Gasteiger partial charge in [0, 0.05) is 32.2 Å². The average molecular weight is 427 g/mol. The summed E-state index contributed by atoms with van der Waals surface area (Å²) in [7, 11) is -3.58. The Balaban J connectivity index is 1.81. The number of piperazine rings is 1. The van der Waals surface area contributed by atoms with Crippen LogP contribution in [0.15, 0.2) is 29.2 Å². The van der Waals surface area contributed by atoms with Crippen molar-refractivity contribution < 1.29 is 22.7 Å². The van der Waals surface area contributed by atoms with Gasteiger partial charge in [-0.05, 0) is 45.0 Å². The molecule has 0 atom stereocenters. The maximum Gasteiger partial charge on any atom is 0.243 e. The molecule has 0 bridgehead atoms. The lowest BCUT2D eigenvalue weighted by Crippen LogP contribution is -2.51. The Bertz CT molecular complexity index is 787. The van der Waals surface area contributed by atoms with Crippen LogP contribution in [0.25, 0.3) is 0 Å². The number of rotatable bonds is 9. The molecule has 0 radical (unpaired) electrons. The van der Waals surface area contributed by atoms with Gasteiger partial charge in [-0.3, -0.25) is 14.5 Å². The van der Waals surface area contributed by atoms with E-state index in [9.17, 15) is 18.0 Å². The number of hydrogen-bond acceptors (Lipinski definition) is 6. The molecule has 10 heteroatoms. The van der Waals surface area contributed by atoms with Crippen LogP contribution in [0, 0.1) is 0 Å². The second kappa shape index (κ2) is 10.6. The van der Waals surface area contributed by atoms with Gasteiger partial charge < -0.3 is 15.4 Å². The van der Waals surface area contributed by atoms with E-state index in [0.717, 1.165) is 0 Å². The zero-order valence-electron chi connectivity index (χ0n) is 17.2. The van der Waals surface area contributed by atoms with E-state index in [1.54, 1.807) is 24.3 Å². The number of sulfonamides is 1. The van der Waals surface area contributed by atoms with Crippen molar-refractivity contribution in [1.82, 2.24) is 19.8 Å². The van der Waals surface area contributed by atoms with Crippen molar-refractivity contribution in [1.29, 1.82) is 0 Å². The van der Waals surface area contributed by atoms with Crippen LogP contribution in [0.1, 0.15) is 20.8 Å². The Labute approximate surface area is 172 Å². The first-order chi connectivity index (χ1) is 13.7. The molecule has 162 valence electrons. The fraction of sp³-hybridized carbons (Fsp3) is 0.579. The molecule has 9 nitrogen and oxygen atoms in total. The first-order valence-corrected chi connectivity index (χ1v) is 11.2. The van der Waals surface area contributed by atoms with E-state index in [4.69, 9.17) is 4.74 Å². The molecule has 0 aliphatic carbocycles. The molecule has 1 saturated heterocycles. The predicted molar refractivity (Wildman–Crippen MR) is 109 cm³/mol. The van der Waals surface area contributed by atoms with E-state index >= 15 is 0 Å². The normalized spacial score (nSPS) is 15.9. The molecule has 0 aromatic heterocycles. The van der Waals surface area contributed by atoms with E-state index in [2.05, 4.69) is 10.6 Å². The molecule has 2 amide bonds. The quantitative estimate of drug-likeness (QED) is 0.577. The van der Waals surface area contributed by atoms with Crippen molar-refractivity contribution in [2.75, 3.05) is 45.9 Å². The number of ether oxygens (including phenoxy) is 1. The molecular formula is C19H30N4O5S. The summed E-state index contributed by atoms with van der Waals surface area (Å²) in [6, 6.07) is 6.40. The van der Waals surface area contributed by atoms with E-state index < -0.39 is 10.0 Å². The number of nitrogens with zero attached hydrogens (tertiary/aromatic N) is 2. The SMILES string of the molecule is CCOc1ccc(S(=O)(=O)N2CCN(CC(=O)NCC(=O)NC(C)C)CC2)cc1. The summed E-state index contributed by atoms with van der Waals surface area (Å²) in [6.45, 7) is 7.64. The van der Waals surface area contributed by atoms with Crippen LogP contribution in [-0.2, 0) is 19.6 Å². The lowest BCUT2D eigenvalue weighted by Gasteiger charge is -2.33. The third-order valence-electron chi connectivity index (χ3n) is 4.37. The Kier molecular flexibility index (Phi) is 8.42. The smallest absolute Gasteiger partial charge is 0.243 e.